The van der Waals surface area contributed by atoms with Crippen molar-refractivity contribution in [2.45, 2.75) is 26.4 Å². The summed E-state index contributed by atoms with van der Waals surface area (Å²) in [5, 5.41) is 3.30. The van der Waals surface area contributed by atoms with Crippen LogP contribution in [0.3, 0.4) is 0 Å². The summed E-state index contributed by atoms with van der Waals surface area (Å²) in [5.74, 6) is -0.425. The molecule has 0 aliphatic carbocycles. The Morgan fingerprint density at radius 3 is 2.58 bits per heavy atom. The van der Waals surface area contributed by atoms with Crippen molar-refractivity contribution in [1.82, 2.24) is 5.32 Å². The first-order valence-corrected chi connectivity index (χ1v) is 6.30. The lowest BCUT2D eigenvalue weighted by Gasteiger charge is -2.14. The van der Waals surface area contributed by atoms with Crippen molar-refractivity contribution in [1.29, 1.82) is 0 Å². The molecule has 0 radical (unpaired) electrons. The fraction of sp³-hybridized carbons (Fsp3) is 0.250. The second-order valence-corrected chi connectivity index (χ2v) is 4.74. The Hall–Kier alpha value is -1.74. The Labute approximate surface area is 112 Å². The van der Waals surface area contributed by atoms with Gasteiger partial charge in [0.2, 0.25) is 0 Å². The molecule has 1 atom stereocenters. The zero-order valence-corrected chi connectivity index (χ0v) is 11.1. The highest BCUT2D eigenvalue weighted by atomic mass is 19.1. The Balaban J connectivity index is 2.00. The van der Waals surface area contributed by atoms with Crippen LogP contribution in [0.4, 0.5) is 8.78 Å². The first kappa shape index (κ1) is 13.7. The smallest absolute Gasteiger partial charge is 0.126 e. The average molecular weight is 261 g/mol. The van der Waals surface area contributed by atoms with Crippen LogP contribution in [-0.2, 0) is 6.54 Å². The predicted octanol–water partition coefficient (Wildman–Crippen LogP) is 4.12. The molecule has 0 amide bonds. The second-order valence-electron chi connectivity index (χ2n) is 4.74. The molecule has 2 aromatic carbocycles. The monoisotopic (exact) mass is 261 g/mol. The van der Waals surface area contributed by atoms with Gasteiger partial charge in [-0.05, 0) is 48.7 Å². The molecule has 2 rings (SSSR count). The summed E-state index contributed by atoms with van der Waals surface area (Å²) >= 11 is 0. The lowest BCUT2D eigenvalue weighted by Crippen LogP contribution is -2.18. The number of benzene rings is 2. The fourth-order valence-electron chi connectivity index (χ4n) is 1.98. The van der Waals surface area contributed by atoms with Crippen LogP contribution in [0.1, 0.15) is 29.7 Å². The number of nitrogens with one attached hydrogen (secondary N) is 1. The molecular formula is C16H17F2N. The number of hydrogen-bond donors (Lipinski definition) is 1. The zero-order chi connectivity index (χ0) is 13.8. The van der Waals surface area contributed by atoms with E-state index < -0.39 is 0 Å². The lowest BCUT2D eigenvalue weighted by molar-refractivity contribution is 0.563. The van der Waals surface area contributed by atoms with Crippen molar-refractivity contribution in [3.8, 4) is 0 Å². The fourth-order valence-corrected chi connectivity index (χ4v) is 1.98. The molecule has 0 aliphatic rings. The van der Waals surface area contributed by atoms with E-state index in [1.807, 2.05) is 19.1 Å². The summed E-state index contributed by atoms with van der Waals surface area (Å²) in [4.78, 5) is 0. The molecule has 0 unspecified atom stereocenters. The van der Waals surface area contributed by atoms with E-state index in [4.69, 9.17) is 0 Å². The Bertz CT molecular complexity index is 566. The summed E-state index contributed by atoms with van der Waals surface area (Å²) in [6.07, 6.45) is 0. The minimum absolute atomic E-state index is 0.0426. The predicted molar refractivity (Wildman–Crippen MR) is 72.8 cm³/mol. The van der Waals surface area contributed by atoms with Gasteiger partial charge in [0.25, 0.3) is 0 Å². The molecule has 1 N–H and O–H groups in total. The van der Waals surface area contributed by atoms with Gasteiger partial charge in [-0.1, -0.05) is 24.3 Å². The quantitative estimate of drug-likeness (QED) is 0.872. The molecule has 0 fully saturated rings. The molecule has 19 heavy (non-hydrogen) atoms. The van der Waals surface area contributed by atoms with E-state index in [-0.39, 0.29) is 17.7 Å². The van der Waals surface area contributed by atoms with Gasteiger partial charge in [-0.3, -0.25) is 0 Å². The van der Waals surface area contributed by atoms with Gasteiger partial charge < -0.3 is 5.32 Å². The largest absolute Gasteiger partial charge is 0.306 e. The van der Waals surface area contributed by atoms with Crippen molar-refractivity contribution in [2.24, 2.45) is 0 Å². The minimum Gasteiger partial charge on any atom is -0.306 e. The summed E-state index contributed by atoms with van der Waals surface area (Å²) in [7, 11) is 0. The summed E-state index contributed by atoms with van der Waals surface area (Å²) in [5.41, 5.74) is 2.55. The average Bonchev–Trinajstić information content (AvgIpc) is 2.40. The Kier molecular flexibility index (Phi) is 4.27. The van der Waals surface area contributed by atoms with E-state index in [2.05, 4.69) is 5.32 Å². The zero-order valence-electron chi connectivity index (χ0n) is 11.1. The van der Waals surface area contributed by atoms with Crippen molar-refractivity contribution in [3.63, 3.8) is 0 Å². The van der Waals surface area contributed by atoms with Gasteiger partial charge in [-0.25, -0.2) is 8.78 Å². The van der Waals surface area contributed by atoms with Crippen molar-refractivity contribution in [2.75, 3.05) is 0 Å². The van der Waals surface area contributed by atoms with Crippen molar-refractivity contribution in [3.05, 3.63) is 70.8 Å². The van der Waals surface area contributed by atoms with E-state index in [0.717, 1.165) is 11.1 Å². The van der Waals surface area contributed by atoms with Crippen LogP contribution in [-0.4, -0.2) is 0 Å². The Morgan fingerprint density at radius 2 is 1.89 bits per heavy atom. The van der Waals surface area contributed by atoms with E-state index >= 15 is 0 Å². The van der Waals surface area contributed by atoms with Crippen molar-refractivity contribution < 1.29 is 8.78 Å². The van der Waals surface area contributed by atoms with Gasteiger partial charge in [-0.15, -0.1) is 0 Å². The molecular weight excluding hydrogens is 244 g/mol. The van der Waals surface area contributed by atoms with Crippen LogP contribution >= 0.6 is 0 Å². The van der Waals surface area contributed by atoms with Crippen LogP contribution < -0.4 is 5.32 Å². The van der Waals surface area contributed by atoms with Gasteiger partial charge in [0.05, 0.1) is 0 Å². The maximum Gasteiger partial charge on any atom is 0.126 e. The number of rotatable bonds is 4. The van der Waals surface area contributed by atoms with E-state index in [1.165, 1.54) is 18.2 Å². The summed E-state index contributed by atoms with van der Waals surface area (Å²) < 4.78 is 26.3. The van der Waals surface area contributed by atoms with Gasteiger partial charge in [-0.2, -0.15) is 0 Å². The number of aryl methyl sites for hydroxylation is 1. The Morgan fingerprint density at radius 1 is 1.11 bits per heavy atom. The maximum absolute atomic E-state index is 13.1. The molecule has 1 nitrogen and oxygen atoms in total. The molecule has 0 spiro atoms. The third-order valence-electron chi connectivity index (χ3n) is 3.18. The number of halogens is 2. The summed E-state index contributed by atoms with van der Waals surface area (Å²) in [6.45, 7) is 4.35. The van der Waals surface area contributed by atoms with Crippen LogP contribution in [0.5, 0.6) is 0 Å². The molecule has 2 aromatic rings. The molecule has 0 aromatic heterocycles. The normalized spacial score (nSPS) is 12.4. The SMILES string of the molecule is Cc1cc(CN[C@@H](C)c2cccc(F)c2)ccc1F. The highest BCUT2D eigenvalue weighted by molar-refractivity contribution is 5.24. The van der Waals surface area contributed by atoms with Gasteiger partial charge in [0.15, 0.2) is 0 Å². The molecule has 0 aliphatic heterocycles. The van der Waals surface area contributed by atoms with E-state index in [0.29, 0.717) is 12.1 Å². The molecule has 3 heteroatoms. The van der Waals surface area contributed by atoms with Crippen molar-refractivity contribution >= 4 is 0 Å². The van der Waals surface area contributed by atoms with Crippen LogP contribution in [0.15, 0.2) is 42.5 Å². The topological polar surface area (TPSA) is 12.0 Å². The molecule has 0 bridgehead atoms. The van der Waals surface area contributed by atoms with Gasteiger partial charge >= 0.3 is 0 Å². The van der Waals surface area contributed by atoms with Gasteiger partial charge in [0.1, 0.15) is 11.6 Å². The molecule has 0 saturated heterocycles. The van der Waals surface area contributed by atoms with Crippen LogP contribution in [0.2, 0.25) is 0 Å². The molecule has 100 valence electrons. The summed E-state index contributed by atoms with van der Waals surface area (Å²) in [6, 6.07) is 11.6. The second kappa shape index (κ2) is 5.93. The molecule has 0 heterocycles. The standard InChI is InChI=1S/C16H17F2N/c1-11-8-13(6-7-16(11)18)10-19-12(2)14-4-3-5-15(17)9-14/h3-9,12,19H,10H2,1-2H3/t12-/m0/s1. The van der Waals surface area contributed by atoms with Crippen LogP contribution in [0, 0.1) is 18.6 Å². The lowest BCUT2D eigenvalue weighted by atomic mass is 10.1. The third kappa shape index (κ3) is 3.61. The van der Waals surface area contributed by atoms with Gasteiger partial charge in [0, 0.05) is 12.6 Å². The first-order chi connectivity index (χ1) is 9.06. The first-order valence-electron chi connectivity index (χ1n) is 6.30. The highest BCUT2D eigenvalue weighted by Gasteiger charge is 2.06. The van der Waals surface area contributed by atoms with Crippen LogP contribution in [0.25, 0.3) is 0 Å². The third-order valence-corrected chi connectivity index (χ3v) is 3.18. The van der Waals surface area contributed by atoms with E-state index in [9.17, 15) is 8.78 Å². The minimum atomic E-state index is -0.233. The maximum atomic E-state index is 13.1. The van der Waals surface area contributed by atoms with E-state index in [1.54, 1.807) is 19.1 Å². The highest BCUT2D eigenvalue weighted by Crippen LogP contribution is 2.15. The molecule has 0 saturated carbocycles. The number of hydrogen-bond acceptors (Lipinski definition) is 1.